The van der Waals surface area contributed by atoms with Crippen LogP contribution < -0.4 is 4.74 Å². The molecule has 0 fully saturated rings. The molecule has 162 valence electrons. The molecule has 1 N–H and O–H groups in total. The molecule has 4 aromatic rings. The molecule has 0 atom stereocenters. The first-order chi connectivity index (χ1) is 14.4. The van der Waals surface area contributed by atoms with Gasteiger partial charge in [0.15, 0.2) is 11.6 Å². The van der Waals surface area contributed by atoms with E-state index in [1.165, 1.54) is 0 Å². The van der Waals surface area contributed by atoms with Gasteiger partial charge in [0.1, 0.15) is 11.5 Å². The molecule has 0 radical (unpaired) electrons. The quantitative estimate of drug-likeness (QED) is 0.269. The van der Waals surface area contributed by atoms with Crippen molar-refractivity contribution in [1.29, 1.82) is 0 Å². The van der Waals surface area contributed by atoms with Gasteiger partial charge in [-0.25, -0.2) is 4.98 Å². The van der Waals surface area contributed by atoms with Crippen molar-refractivity contribution in [3.8, 4) is 5.75 Å². The summed E-state index contributed by atoms with van der Waals surface area (Å²) in [6, 6.07) is 14.6. The fourth-order valence-corrected chi connectivity index (χ4v) is 3.63. The maximum absolute atomic E-state index is 12.8. The van der Waals surface area contributed by atoms with Gasteiger partial charge >= 0.3 is 0 Å². The molecule has 2 aromatic carbocycles. The first-order valence-electron chi connectivity index (χ1n) is 9.59. The van der Waals surface area contributed by atoms with Gasteiger partial charge in [-0.15, -0.1) is 12.4 Å². The van der Waals surface area contributed by atoms with E-state index in [4.69, 9.17) is 20.8 Å². The van der Waals surface area contributed by atoms with Crippen LogP contribution in [0.3, 0.4) is 0 Å². The summed E-state index contributed by atoms with van der Waals surface area (Å²) in [5.74, 6) is 2.00. The van der Waals surface area contributed by atoms with E-state index in [1.54, 1.807) is 18.2 Å². The summed E-state index contributed by atoms with van der Waals surface area (Å²) in [5, 5.41) is 0.623. The smallest absolute Gasteiger partial charge is 0.263 e. The largest absolute Gasteiger partial charge is 0.493 e. The molecule has 0 saturated carbocycles. The molecule has 2 aromatic heterocycles. The average molecular weight is 524 g/mol. The summed E-state index contributed by atoms with van der Waals surface area (Å²) in [7, 11) is 0. The second kappa shape index (κ2) is 9.90. The lowest BCUT2D eigenvalue weighted by Gasteiger charge is -2.13. The number of carbonyl (C=O) groups is 1. The third kappa shape index (κ3) is 5.50. The van der Waals surface area contributed by atoms with Crippen molar-refractivity contribution in [2.24, 2.45) is 5.92 Å². The number of aromatic nitrogens is 2. The van der Waals surface area contributed by atoms with Crippen molar-refractivity contribution >= 4 is 56.8 Å². The van der Waals surface area contributed by atoms with E-state index in [0.717, 1.165) is 26.8 Å². The van der Waals surface area contributed by atoms with E-state index in [9.17, 15) is 4.79 Å². The number of imidazole rings is 1. The van der Waals surface area contributed by atoms with Crippen LogP contribution in [-0.4, -0.2) is 22.4 Å². The number of fused-ring (bicyclic) bond motifs is 1. The Bertz CT molecular complexity index is 1220. The van der Waals surface area contributed by atoms with Crippen molar-refractivity contribution < 1.29 is 13.9 Å². The van der Waals surface area contributed by atoms with Crippen LogP contribution in [0.15, 0.2) is 57.4 Å². The van der Waals surface area contributed by atoms with E-state index < -0.39 is 0 Å². The zero-order chi connectivity index (χ0) is 21.3. The maximum Gasteiger partial charge on any atom is 0.263 e. The average Bonchev–Trinajstić information content (AvgIpc) is 3.33. The van der Waals surface area contributed by atoms with E-state index in [-0.39, 0.29) is 29.8 Å². The second-order valence-electron chi connectivity index (χ2n) is 7.48. The molecule has 0 aliphatic heterocycles. The number of H-pyrrole nitrogens is 1. The van der Waals surface area contributed by atoms with Crippen molar-refractivity contribution in [2.75, 3.05) is 6.61 Å². The SMILES string of the molecule is CC(C)COc1ccc(Cl)cc1Cc1ccc(C(=O)c2nc3ccc(Br)cc3[nH]2)o1.Cl. The van der Waals surface area contributed by atoms with Crippen LogP contribution in [0, 0.1) is 5.92 Å². The maximum atomic E-state index is 12.8. The van der Waals surface area contributed by atoms with Crippen LogP contribution in [0.2, 0.25) is 5.02 Å². The normalized spacial score (nSPS) is 11.0. The predicted octanol–water partition coefficient (Wildman–Crippen LogP) is 6.85. The topological polar surface area (TPSA) is 68.1 Å². The van der Waals surface area contributed by atoms with E-state index in [0.29, 0.717) is 29.7 Å². The van der Waals surface area contributed by atoms with Crippen LogP contribution in [0.25, 0.3) is 11.0 Å². The van der Waals surface area contributed by atoms with Gasteiger partial charge in [-0.1, -0.05) is 41.4 Å². The van der Waals surface area contributed by atoms with Crippen LogP contribution in [-0.2, 0) is 6.42 Å². The summed E-state index contributed by atoms with van der Waals surface area (Å²) >= 11 is 9.59. The summed E-state index contributed by atoms with van der Waals surface area (Å²) in [6.45, 7) is 4.80. The molecule has 5 nitrogen and oxygen atoms in total. The van der Waals surface area contributed by atoms with Crippen molar-refractivity contribution in [1.82, 2.24) is 9.97 Å². The molecule has 0 aliphatic carbocycles. The molecule has 0 amide bonds. The number of ether oxygens (including phenoxy) is 1. The number of halogens is 3. The molecule has 31 heavy (non-hydrogen) atoms. The molecule has 0 aliphatic rings. The second-order valence-corrected chi connectivity index (χ2v) is 8.83. The Morgan fingerprint density at radius 3 is 2.77 bits per heavy atom. The summed E-state index contributed by atoms with van der Waals surface area (Å²) in [4.78, 5) is 20.2. The van der Waals surface area contributed by atoms with Crippen molar-refractivity contribution in [2.45, 2.75) is 20.3 Å². The number of nitrogens with zero attached hydrogens (tertiary/aromatic N) is 1. The predicted molar refractivity (Wildman–Crippen MR) is 128 cm³/mol. The Labute approximate surface area is 199 Å². The van der Waals surface area contributed by atoms with Crippen molar-refractivity contribution in [3.05, 3.63) is 80.9 Å². The highest BCUT2D eigenvalue weighted by Gasteiger charge is 2.19. The lowest BCUT2D eigenvalue weighted by molar-refractivity contribution is 0.0999. The van der Waals surface area contributed by atoms with Gasteiger partial charge in [0, 0.05) is 21.5 Å². The lowest BCUT2D eigenvalue weighted by atomic mass is 10.1. The minimum absolute atomic E-state index is 0. The third-order valence-electron chi connectivity index (χ3n) is 4.50. The minimum atomic E-state index is -0.295. The zero-order valence-corrected chi connectivity index (χ0v) is 20.1. The molecular weight excluding hydrogens is 503 g/mol. The molecule has 0 bridgehead atoms. The number of carbonyl (C=O) groups excluding carboxylic acids is 1. The molecule has 2 heterocycles. The van der Waals surface area contributed by atoms with Gasteiger partial charge in [-0.3, -0.25) is 4.79 Å². The number of nitrogens with one attached hydrogen (secondary N) is 1. The van der Waals surface area contributed by atoms with Crippen LogP contribution in [0.4, 0.5) is 0 Å². The van der Waals surface area contributed by atoms with Gasteiger partial charge in [0.05, 0.1) is 17.6 Å². The van der Waals surface area contributed by atoms with Gasteiger partial charge < -0.3 is 14.1 Å². The first-order valence-corrected chi connectivity index (χ1v) is 10.8. The van der Waals surface area contributed by atoms with Crippen molar-refractivity contribution in [3.63, 3.8) is 0 Å². The van der Waals surface area contributed by atoms with E-state index in [2.05, 4.69) is 39.7 Å². The highest BCUT2D eigenvalue weighted by Crippen LogP contribution is 2.27. The Kier molecular flexibility index (Phi) is 7.46. The number of ketones is 1. The van der Waals surface area contributed by atoms with Gasteiger partial charge in [-0.05, 0) is 54.4 Å². The lowest BCUT2D eigenvalue weighted by Crippen LogP contribution is -2.06. The number of benzene rings is 2. The number of furan rings is 1. The first kappa shape index (κ1) is 23.4. The highest BCUT2D eigenvalue weighted by atomic mass is 79.9. The minimum Gasteiger partial charge on any atom is -0.493 e. The van der Waals surface area contributed by atoms with Gasteiger partial charge in [0.25, 0.3) is 5.78 Å². The van der Waals surface area contributed by atoms with E-state index >= 15 is 0 Å². The monoisotopic (exact) mass is 522 g/mol. The van der Waals surface area contributed by atoms with Crippen LogP contribution in [0.1, 0.15) is 41.6 Å². The Morgan fingerprint density at radius 1 is 1.19 bits per heavy atom. The van der Waals surface area contributed by atoms with E-state index in [1.807, 2.05) is 30.3 Å². The Hall–Kier alpha value is -2.28. The van der Waals surface area contributed by atoms with Crippen LogP contribution >= 0.6 is 39.9 Å². The molecule has 4 rings (SSSR count). The third-order valence-corrected chi connectivity index (χ3v) is 5.23. The zero-order valence-electron chi connectivity index (χ0n) is 16.9. The fraction of sp³-hybridized carbons (Fsp3) is 0.217. The highest BCUT2D eigenvalue weighted by molar-refractivity contribution is 9.10. The molecule has 8 heteroatoms. The number of rotatable bonds is 7. The number of aromatic amines is 1. The standard InChI is InChI=1S/C23H20BrClN2O3.ClH/c1-13(2)12-29-20-7-4-16(25)9-14(20)10-17-5-8-21(30-17)22(28)23-26-18-6-3-15(24)11-19(18)27-23;/h3-9,11,13H,10,12H2,1-2H3,(H,26,27);1H. The molecule has 0 spiro atoms. The summed E-state index contributed by atoms with van der Waals surface area (Å²) in [5.41, 5.74) is 2.41. The molecule has 0 saturated heterocycles. The van der Waals surface area contributed by atoms with Crippen LogP contribution in [0.5, 0.6) is 5.75 Å². The fourth-order valence-electron chi connectivity index (χ4n) is 3.07. The Balaban J connectivity index is 0.00000272. The molecular formula is C23H21BrCl2N2O3. The molecule has 0 unspecified atom stereocenters. The van der Waals surface area contributed by atoms with Gasteiger partial charge in [-0.2, -0.15) is 0 Å². The number of hydrogen-bond acceptors (Lipinski definition) is 4. The number of hydrogen-bond donors (Lipinski definition) is 1. The van der Waals surface area contributed by atoms with Gasteiger partial charge in [0.2, 0.25) is 0 Å². The summed E-state index contributed by atoms with van der Waals surface area (Å²) in [6.07, 6.45) is 0.467. The summed E-state index contributed by atoms with van der Waals surface area (Å²) < 4.78 is 12.6. The Morgan fingerprint density at radius 2 is 2.00 bits per heavy atom.